The molecule has 34 heavy (non-hydrogen) atoms. The lowest BCUT2D eigenvalue weighted by molar-refractivity contribution is -0.132. The molecule has 4 rings (SSSR count). The van der Waals surface area contributed by atoms with Crippen LogP contribution in [0.3, 0.4) is 0 Å². The molecule has 0 aliphatic carbocycles. The molecule has 0 bridgehead atoms. The van der Waals surface area contributed by atoms with Crippen LogP contribution in [0.15, 0.2) is 75.1 Å². The third-order valence-corrected chi connectivity index (χ3v) is 6.20. The number of unbranched alkanes of at least 4 members (excludes halogenated alkanes) is 2. The predicted molar refractivity (Wildman–Crippen MR) is 134 cm³/mol. The van der Waals surface area contributed by atoms with Crippen LogP contribution in [0.25, 0.3) is 5.76 Å². The summed E-state index contributed by atoms with van der Waals surface area (Å²) in [5.74, 6) is -0.0348. The minimum absolute atomic E-state index is 0.0176. The van der Waals surface area contributed by atoms with Crippen LogP contribution in [0.1, 0.15) is 49.3 Å². The summed E-state index contributed by atoms with van der Waals surface area (Å²) in [6.45, 7) is 4.54. The monoisotopic (exact) mass is 523 g/mol. The zero-order chi connectivity index (χ0) is 24.2. The molecule has 2 aromatic carbocycles. The first kappa shape index (κ1) is 23.8. The molecule has 1 saturated heterocycles. The number of halogens is 1. The van der Waals surface area contributed by atoms with Gasteiger partial charge in [0.1, 0.15) is 29.1 Å². The van der Waals surface area contributed by atoms with E-state index in [1.54, 1.807) is 61.5 Å². The summed E-state index contributed by atoms with van der Waals surface area (Å²) in [7, 11) is 0. The first-order valence-corrected chi connectivity index (χ1v) is 12.1. The van der Waals surface area contributed by atoms with Crippen molar-refractivity contribution in [2.24, 2.45) is 0 Å². The van der Waals surface area contributed by atoms with Gasteiger partial charge in [0.25, 0.3) is 11.7 Å². The van der Waals surface area contributed by atoms with Gasteiger partial charge in [-0.2, -0.15) is 0 Å². The number of nitrogens with zero attached hydrogens (tertiary/aromatic N) is 1. The molecule has 2 heterocycles. The Hall–Kier alpha value is -3.32. The van der Waals surface area contributed by atoms with E-state index in [0.717, 1.165) is 23.7 Å². The van der Waals surface area contributed by atoms with Crippen LogP contribution in [0, 0.1) is 6.92 Å². The number of carbonyl (C=O) groups is 2. The number of furan rings is 1. The van der Waals surface area contributed by atoms with Gasteiger partial charge in [-0.05, 0) is 67.9 Å². The Morgan fingerprint density at radius 1 is 1.09 bits per heavy atom. The fraction of sp³-hybridized carbons (Fsp3) is 0.259. The van der Waals surface area contributed by atoms with E-state index in [0.29, 0.717) is 35.1 Å². The van der Waals surface area contributed by atoms with Crippen LogP contribution in [-0.4, -0.2) is 23.4 Å². The van der Waals surface area contributed by atoms with E-state index in [4.69, 9.17) is 9.15 Å². The molecule has 1 amide bonds. The zero-order valence-corrected chi connectivity index (χ0v) is 20.7. The largest absolute Gasteiger partial charge is 0.507 e. The number of anilines is 1. The molecule has 1 aliphatic rings. The summed E-state index contributed by atoms with van der Waals surface area (Å²) >= 11 is 3.42. The minimum atomic E-state index is -0.895. The van der Waals surface area contributed by atoms with Crippen molar-refractivity contribution in [3.05, 3.63) is 87.8 Å². The normalized spacial score (nSPS) is 17.4. The minimum Gasteiger partial charge on any atom is -0.507 e. The van der Waals surface area contributed by atoms with Gasteiger partial charge in [-0.25, -0.2) is 0 Å². The van der Waals surface area contributed by atoms with E-state index in [2.05, 4.69) is 22.9 Å². The zero-order valence-electron chi connectivity index (χ0n) is 19.1. The molecule has 0 radical (unpaired) electrons. The van der Waals surface area contributed by atoms with Gasteiger partial charge in [0.2, 0.25) is 0 Å². The number of ketones is 1. The highest BCUT2D eigenvalue weighted by molar-refractivity contribution is 9.10. The maximum atomic E-state index is 13.2. The van der Waals surface area contributed by atoms with Gasteiger partial charge in [0.05, 0.1) is 12.2 Å². The molecule has 7 heteroatoms. The van der Waals surface area contributed by atoms with E-state index >= 15 is 0 Å². The summed E-state index contributed by atoms with van der Waals surface area (Å²) in [5.41, 5.74) is 0.919. The number of rotatable bonds is 8. The van der Waals surface area contributed by atoms with E-state index in [-0.39, 0.29) is 11.3 Å². The Balaban J connectivity index is 1.74. The smallest absolute Gasteiger partial charge is 0.300 e. The first-order chi connectivity index (χ1) is 16.4. The average Bonchev–Trinajstić information content (AvgIpc) is 3.37. The number of carbonyl (C=O) groups excluding carboxylic acids is 2. The summed E-state index contributed by atoms with van der Waals surface area (Å²) in [6, 6.07) is 16.5. The molecular weight excluding hydrogens is 498 g/mol. The Kier molecular flexibility index (Phi) is 7.22. The number of Topliss-reactive ketones (excluding diaryl/α,β-unsaturated/α-hetero) is 1. The standard InChI is InChI=1S/C27H26BrNO5/c1-3-4-5-15-33-21-12-10-18(11-13-21)25(30)23-24(22-14-9-17(2)34-22)29(27(32)26(23)31)20-8-6-7-19(28)16-20/h6-14,16,24,30H,3-5,15H2,1-2H3/b25-23-. The molecule has 1 N–H and O–H groups in total. The number of amides is 1. The molecule has 1 aliphatic heterocycles. The lowest BCUT2D eigenvalue weighted by atomic mass is 9.99. The molecule has 1 unspecified atom stereocenters. The second-order valence-electron chi connectivity index (χ2n) is 8.18. The van der Waals surface area contributed by atoms with Gasteiger partial charge in [0.15, 0.2) is 0 Å². The molecule has 1 aromatic heterocycles. The van der Waals surface area contributed by atoms with E-state index in [1.807, 2.05) is 6.07 Å². The number of aliphatic hydroxyl groups is 1. The third kappa shape index (κ3) is 4.80. The molecule has 1 atom stereocenters. The van der Waals surface area contributed by atoms with Crippen molar-refractivity contribution in [2.45, 2.75) is 39.2 Å². The number of hydrogen-bond acceptors (Lipinski definition) is 5. The molecular formula is C27H26BrNO5. The fourth-order valence-corrected chi connectivity index (χ4v) is 4.39. The first-order valence-electron chi connectivity index (χ1n) is 11.3. The SMILES string of the molecule is CCCCCOc1ccc(/C(O)=C2/C(=O)C(=O)N(c3cccc(Br)c3)C2c2ccc(C)o2)cc1. The van der Waals surface area contributed by atoms with Gasteiger partial charge in [-0.15, -0.1) is 0 Å². The van der Waals surface area contributed by atoms with Gasteiger partial charge < -0.3 is 14.3 Å². The van der Waals surface area contributed by atoms with Crippen molar-refractivity contribution in [1.29, 1.82) is 0 Å². The van der Waals surface area contributed by atoms with Crippen LogP contribution >= 0.6 is 15.9 Å². The number of ether oxygens (including phenoxy) is 1. The van der Waals surface area contributed by atoms with Crippen molar-refractivity contribution in [3.63, 3.8) is 0 Å². The number of benzene rings is 2. The van der Waals surface area contributed by atoms with Gasteiger partial charge in [-0.3, -0.25) is 14.5 Å². The van der Waals surface area contributed by atoms with Crippen LogP contribution in [0.2, 0.25) is 0 Å². The predicted octanol–water partition coefficient (Wildman–Crippen LogP) is 6.55. The van der Waals surface area contributed by atoms with Crippen molar-refractivity contribution < 1.29 is 23.8 Å². The summed E-state index contributed by atoms with van der Waals surface area (Å²) in [5, 5.41) is 11.2. The molecule has 0 spiro atoms. The quantitative estimate of drug-likeness (QED) is 0.157. The van der Waals surface area contributed by atoms with Crippen molar-refractivity contribution in [3.8, 4) is 5.75 Å². The van der Waals surface area contributed by atoms with Gasteiger partial charge >= 0.3 is 0 Å². The molecule has 1 fully saturated rings. The third-order valence-electron chi connectivity index (χ3n) is 5.71. The summed E-state index contributed by atoms with van der Waals surface area (Å²) in [4.78, 5) is 27.7. The number of hydrogen-bond donors (Lipinski definition) is 1. The highest BCUT2D eigenvalue weighted by Crippen LogP contribution is 2.43. The van der Waals surface area contributed by atoms with Crippen LogP contribution < -0.4 is 9.64 Å². The Morgan fingerprint density at radius 3 is 2.50 bits per heavy atom. The van der Waals surface area contributed by atoms with Gasteiger partial charge in [-0.1, -0.05) is 41.8 Å². The second-order valence-corrected chi connectivity index (χ2v) is 9.09. The van der Waals surface area contributed by atoms with Crippen molar-refractivity contribution >= 4 is 39.1 Å². The fourth-order valence-electron chi connectivity index (χ4n) is 4.00. The second kappa shape index (κ2) is 10.3. The van der Waals surface area contributed by atoms with E-state index in [1.165, 1.54) is 4.90 Å². The van der Waals surface area contributed by atoms with E-state index < -0.39 is 17.7 Å². The highest BCUT2D eigenvalue weighted by Gasteiger charge is 2.48. The lowest BCUT2D eigenvalue weighted by Crippen LogP contribution is -2.29. The number of aliphatic hydroxyl groups excluding tert-OH is 1. The van der Waals surface area contributed by atoms with Gasteiger partial charge in [0, 0.05) is 15.7 Å². The topological polar surface area (TPSA) is 80.0 Å². The molecule has 6 nitrogen and oxygen atoms in total. The molecule has 176 valence electrons. The Bertz CT molecular complexity index is 1230. The Morgan fingerprint density at radius 2 is 1.85 bits per heavy atom. The van der Waals surface area contributed by atoms with Crippen LogP contribution in [0.5, 0.6) is 5.75 Å². The Labute approximate surface area is 207 Å². The van der Waals surface area contributed by atoms with Crippen LogP contribution in [-0.2, 0) is 9.59 Å². The van der Waals surface area contributed by atoms with Crippen molar-refractivity contribution in [1.82, 2.24) is 0 Å². The molecule has 3 aromatic rings. The van der Waals surface area contributed by atoms with Crippen molar-refractivity contribution in [2.75, 3.05) is 11.5 Å². The lowest BCUT2D eigenvalue weighted by Gasteiger charge is -2.23. The van der Waals surface area contributed by atoms with E-state index in [9.17, 15) is 14.7 Å². The summed E-state index contributed by atoms with van der Waals surface area (Å²) in [6.07, 6.45) is 3.19. The maximum Gasteiger partial charge on any atom is 0.300 e. The average molecular weight is 524 g/mol. The number of aryl methyl sites for hydroxylation is 1. The molecule has 0 saturated carbocycles. The highest BCUT2D eigenvalue weighted by atomic mass is 79.9. The maximum absolute atomic E-state index is 13.2. The summed E-state index contributed by atoms with van der Waals surface area (Å²) < 4.78 is 12.3. The van der Waals surface area contributed by atoms with Crippen LogP contribution in [0.4, 0.5) is 5.69 Å².